The molecule has 0 aliphatic rings. The molecule has 1 atom stereocenters. The lowest BCUT2D eigenvalue weighted by Gasteiger charge is -2.18. The molecule has 0 saturated carbocycles. The minimum atomic E-state index is -3.89. The molecule has 1 unspecified atom stereocenters. The van der Waals surface area contributed by atoms with Crippen LogP contribution in [0.3, 0.4) is 0 Å². The molecule has 11 heteroatoms. The standard InChI is InChI=1S/C22H23BrN4O5S/c1-13-9-16(23)10-14(2)21(13)32-15(3)22(28)26-17-5-7-18(8-6-17)33(29,30)27-19-11-20(31-4)25-12-24-19/h5-12,15H,1-4H3,(H,26,28)(H,24,25,27). The van der Waals surface area contributed by atoms with Crippen molar-refractivity contribution in [3.05, 3.63) is 64.4 Å². The number of methoxy groups -OCH3 is 1. The summed E-state index contributed by atoms with van der Waals surface area (Å²) >= 11 is 3.44. The quantitative estimate of drug-likeness (QED) is 0.446. The van der Waals surface area contributed by atoms with E-state index in [1.165, 1.54) is 43.8 Å². The summed E-state index contributed by atoms with van der Waals surface area (Å²) in [6.45, 7) is 5.46. The maximum atomic E-state index is 12.6. The lowest BCUT2D eigenvalue weighted by atomic mass is 10.1. The van der Waals surface area contributed by atoms with E-state index in [0.29, 0.717) is 11.4 Å². The Morgan fingerprint density at radius 3 is 2.30 bits per heavy atom. The molecule has 3 aromatic rings. The first-order chi connectivity index (χ1) is 15.6. The van der Waals surface area contributed by atoms with Crippen molar-refractivity contribution in [2.24, 2.45) is 0 Å². The van der Waals surface area contributed by atoms with Crippen LogP contribution in [-0.2, 0) is 14.8 Å². The second-order valence-corrected chi connectivity index (χ2v) is 9.79. The number of aromatic nitrogens is 2. The first-order valence-electron chi connectivity index (χ1n) is 9.82. The van der Waals surface area contributed by atoms with E-state index in [2.05, 4.69) is 35.9 Å². The van der Waals surface area contributed by atoms with Gasteiger partial charge < -0.3 is 14.8 Å². The van der Waals surface area contributed by atoms with Gasteiger partial charge in [0, 0.05) is 16.2 Å². The normalized spacial score (nSPS) is 12.0. The van der Waals surface area contributed by atoms with E-state index in [-0.39, 0.29) is 22.5 Å². The summed E-state index contributed by atoms with van der Waals surface area (Å²) in [5.74, 6) is 0.586. The van der Waals surface area contributed by atoms with Crippen molar-refractivity contribution < 1.29 is 22.7 Å². The molecule has 0 bridgehead atoms. The monoisotopic (exact) mass is 534 g/mol. The highest BCUT2D eigenvalue weighted by atomic mass is 79.9. The zero-order chi connectivity index (χ0) is 24.2. The number of nitrogens with zero attached hydrogens (tertiary/aromatic N) is 2. The summed E-state index contributed by atoms with van der Waals surface area (Å²) < 4.78 is 39.3. The molecule has 9 nitrogen and oxygen atoms in total. The van der Waals surface area contributed by atoms with Crippen molar-refractivity contribution in [1.29, 1.82) is 0 Å². The summed E-state index contributed by atoms with van der Waals surface area (Å²) in [4.78, 5) is 20.3. The molecule has 0 aliphatic carbocycles. The van der Waals surface area contributed by atoms with Crippen LogP contribution in [0.15, 0.2) is 58.2 Å². The van der Waals surface area contributed by atoms with Gasteiger partial charge in [-0.3, -0.25) is 9.52 Å². The van der Waals surface area contributed by atoms with Crippen molar-refractivity contribution in [2.45, 2.75) is 31.8 Å². The summed E-state index contributed by atoms with van der Waals surface area (Å²) in [7, 11) is -2.47. The SMILES string of the molecule is COc1cc(NS(=O)(=O)c2ccc(NC(=O)C(C)Oc3c(C)cc(Br)cc3C)cc2)ncn1. The smallest absolute Gasteiger partial charge is 0.265 e. The van der Waals surface area contributed by atoms with E-state index >= 15 is 0 Å². The minimum Gasteiger partial charge on any atom is -0.481 e. The maximum absolute atomic E-state index is 12.6. The number of ether oxygens (including phenoxy) is 2. The molecule has 0 radical (unpaired) electrons. The van der Waals surface area contributed by atoms with Gasteiger partial charge in [-0.2, -0.15) is 0 Å². The molecular formula is C22H23BrN4O5S. The Balaban J connectivity index is 1.66. The molecule has 3 rings (SSSR count). The van der Waals surface area contributed by atoms with Crippen LogP contribution in [0.25, 0.3) is 0 Å². The van der Waals surface area contributed by atoms with Gasteiger partial charge in [-0.15, -0.1) is 0 Å². The first kappa shape index (κ1) is 24.5. The summed E-state index contributed by atoms with van der Waals surface area (Å²) in [6, 6.07) is 10.9. The number of hydrogen-bond donors (Lipinski definition) is 2. The molecule has 2 N–H and O–H groups in total. The first-order valence-corrected chi connectivity index (χ1v) is 12.1. The van der Waals surface area contributed by atoms with Gasteiger partial charge >= 0.3 is 0 Å². The Kier molecular flexibility index (Phi) is 7.54. The zero-order valence-corrected chi connectivity index (χ0v) is 20.8. The Labute approximate surface area is 200 Å². The molecule has 2 aromatic carbocycles. The number of benzene rings is 2. The average molecular weight is 535 g/mol. The molecule has 0 spiro atoms. The maximum Gasteiger partial charge on any atom is 0.265 e. The highest BCUT2D eigenvalue weighted by molar-refractivity contribution is 9.10. The highest BCUT2D eigenvalue weighted by Crippen LogP contribution is 2.28. The van der Waals surface area contributed by atoms with Crippen LogP contribution in [0, 0.1) is 13.8 Å². The van der Waals surface area contributed by atoms with Gasteiger partial charge in [0.2, 0.25) is 5.88 Å². The number of hydrogen-bond acceptors (Lipinski definition) is 7. The third-order valence-corrected chi connectivity index (χ3v) is 6.44. The third-order valence-electron chi connectivity index (χ3n) is 4.61. The van der Waals surface area contributed by atoms with Crippen LogP contribution in [-0.4, -0.2) is 37.5 Å². The fourth-order valence-electron chi connectivity index (χ4n) is 2.98. The molecule has 0 aliphatic heterocycles. The lowest BCUT2D eigenvalue weighted by Crippen LogP contribution is -2.30. The Morgan fingerprint density at radius 1 is 1.06 bits per heavy atom. The number of rotatable bonds is 8. The number of carbonyl (C=O) groups is 1. The van der Waals surface area contributed by atoms with Crippen LogP contribution in [0.5, 0.6) is 11.6 Å². The number of carbonyl (C=O) groups excluding carboxylic acids is 1. The van der Waals surface area contributed by atoms with Crippen LogP contribution in [0.2, 0.25) is 0 Å². The molecule has 174 valence electrons. The fraction of sp³-hybridized carbons (Fsp3) is 0.227. The van der Waals surface area contributed by atoms with Crippen molar-refractivity contribution in [2.75, 3.05) is 17.1 Å². The van der Waals surface area contributed by atoms with Crippen LogP contribution in [0.4, 0.5) is 11.5 Å². The van der Waals surface area contributed by atoms with E-state index in [1.54, 1.807) is 6.92 Å². The molecule has 0 saturated heterocycles. The van der Waals surface area contributed by atoms with Gasteiger partial charge in [0.25, 0.3) is 15.9 Å². The summed E-state index contributed by atoms with van der Waals surface area (Å²) in [5, 5.41) is 2.73. The molecular weight excluding hydrogens is 512 g/mol. The van der Waals surface area contributed by atoms with Gasteiger partial charge in [0.1, 0.15) is 17.9 Å². The van der Waals surface area contributed by atoms with Crippen molar-refractivity contribution in [3.8, 4) is 11.6 Å². The Morgan fingerprint density at radius 2 is 1.70 bits per heavy atom. The van der Waals surface area contributed by atoms with E-state index in [0.717, 1.165) is 15.6 Å². The van der Waals surface area contributed by atoms with Crippen molar-refractivity contribution >= 4 is 43.4 Å². The average Bonchev–Trinajstić information content (AvgIpc) is 2.76. The molecule has 1 aromatic heterocycles. The largest absolute Gasteiger partial charge is 0.481 e. The number of amides is 1. The third kappa shape index (κ3) is 6.20. The molecule has 1 heterocycles. The van der Waals surface area contributed by atoms with Gasteiger partial charge in [0.05, 0.1) is 12.0 Å². The topological polar surface area (TPSA) is 120 Å². The van der Waals surface area contributed by atoms with Crippen molar-refractivity contribution in [3.63, 3.8) is 0 Å². The zero-order valence-electron chi connectivity index (χ0n) is 18.4. The van der Waals surface area contributed by atoms with Crippen LogP contribution in [0.1, 0.15) is 18.1 Å². The van der Waals surface area contributed by atoms with Crippen LogP contribution >= 0.6 is 15.9 Å². The molecule has 1 amide bonds. The molecule has 33 heavy (non-hydrogen) atoms. The fourth-order valence-corrected chi connectivity index (χ4v) is 4.66. The lowest BCUT2D eigenvalue weighted by molar-refractivity contribution is -0.122. The van der Waals surface area contributed by atoms with E-state index in [4.69, 9.17) is 9.47 Å². The highest BCUT2D eigenvalue weighted by Gasteiger charge is 2.19. The number of sulfonamides is 1. The predicted molar refractivity (Wildman–Crippen MR) is 128 cm³/mol. The predicted octanol–water partition coefficient (Wildman–Crippen LogP) is 4.07. The number of halogens is 1. The van der Waals surface area contributed by atoms with E-state index < -0.39 is 16.1 Å². The van der Waals surface area contributed by atoms with Gasteiger partial charge in [-0.25, -0.2) is 18.4 Å². The van der Waals surface area contributed by atoms with Gasteiger partial charge in [-0.1, -0.05) is 15.9 Å². The van der Waals surface area contributed by atoms with Crippen LogP contribution < -0.4 is 19.5 Å². The summed E-state index contributed by atoms with van der Waals surface area (Å²) in [6.07, 6.45) is 0.428. The Hall–Kier alpha value is -3.18. The summed E-state index contributed by atoms with van der Waals surface area (Å²) in [5.41, 5.74) is 2.25. The second-order valence-electron chi connectivity index (χ2n) is 7.19. The van der Waals surface area contributed by atoms with Gasteiger partial charge in [-0.05, 0) is 68.3 Å². The number of aryl methyl sites for hydroxylation is 2. The van der Waals surface area contributed by atoms with Gasteiger partial charge in [0.15, 0.2) is 6.10 Å². The minimum absolute atomic E-state index is 0.00323. The van der Waals surface area contributed by atoms with E-state index in [9.17, 15) is 13.2 Å². The number of anilines is 2. The number of nitrogens with one attached hydrogen (secondary N) is 2. The molecule has 0 fully saturated rings. The second kappa shape index (κ2) is 10.2. The van der Waals surface area contributed by atoms with E-state index in [1.807, 2.05) is 26.0 Å². The van der Waals surface area contributed by atoms with Crippen molar-refractivity contribution in [1.82, 2.24) is 9.97 Å². The Bertz CT molecular complexity index is 1240.